The Balaban J connectivity index is 2.30. The number of halogens is 2. The van der Waals surface area contributed by atoms with Gasteiger partial charge in [0.25, 0.3) is 0 Å². The summed E-state index contributed by atoms with van der Waals surface area (Å²) in [4.78, 5) is 27.6. The second kappa shape index (κ2) is 10.5. The number of carbonyl (C=O) groups is 2. The van der Waals surface area contributed by atoms with E-state index in [0.29, 0.717) is 16.5 Å². The highest BCUT2D eigenvalue weighted by molar-refractivity contribution is 7.91. The number of piperidine rings is 1. The number of amides is 1. The van der Waals surface area contributed by atoms with E-state index >= 15 is 0 Å². The molecule has 0 radical (unpaired) electrons. The van der Waals surface area contributed by atoms with Gasteiger partial charge in [0.05, 0.1) is 23.1 Å². The van der Waals surface area contributed by atoms with Gasteiger partial charge in [0, 0.05) is 28.3 Å². The normalized spacial score (nSPS) is 24.7. The van der Waals surface area contributed by atoms with Gasteiger partial charge in [-0.05, 0) is 55.2 Å². The molecule has 2 aromatic carbocycles. The van der Waals surface area contributed by atoms with Crippen LogP contribution in [0.1, 0.15) is 63.1 Å². The third-order valence-corrected chi connectivity index (χ3v) is 9.28. The number of hydrogen-bond donors (Lipinski definition) is 1. The Kier molecular flexibility index (Phi) is 8.24. The van der Waals surface area contributed by atoms with Crippen LogP contribution in [0.2, 0.25) is 10.0 Å². The molecular weight excluding hydrogens is 509 g/mol. The Bertz CT molecular complexity index is 1200. The standard InChI is InChI=1S/C26H31Cl2NO5S/c1-5-22(16(2)35(4,33)34)29-24(17-9-11-19(27)12-10-17)21(18-7-6-8-20(28)13-18)14-26(3,25(29)32)15-23(30)31/h6-13,16,21-22,24H,5,14-15H2,1-4H3,(H,30,31)/t16-,21+,22-,24+,26-/m0/s1. The van der Waals surface area contributed by atoms with Crippen molar-refractivity contribution in [2.24, 2.45) is 5.41 Å². The van der Waals surface area contributed by atoms with Crippen molar-refractivity contribution in [2.45, 2.75) is 63.3 Å². The largest absolute Gasteiger partial charge is 0.481 e. The fraction of sp³-hybridized carbons (Fsp3) is 0.462. The zero-order valence-electron chi connectivity index (χ0n) is 20.2. The van der Waals surface area contributed by atoms with Gasteiger partial charge in [0.2, 0.25) is 5.91 Å². The van der Waals surface area contributed by atoms with Crippen molar-refractivity contribution in [3.63, 3.8) is 0 Å². The highest BCUT2D eigenvalue weighted by Crippen LogP contribution is 2.52. The van der Waals surface area contributed by atoms with Crippen LogP contribution in [0.25, 0.3) is 0 Å². The van der Waals surface area contributed by atoms with E-state index in [4.69, 9.17) is 23.2 Å². The first kappa shape index (κ1) is 27.5. The van der Waals surface area contributed by atoms with Gasteiger partial charge < -0.3 is 10.0 Å². The highest BCUT2D eigenvalue weighted by atomic mass is 35.5. The second-order valence-electron chi connectivity index (χ2n) is 9.72. The number of carboxylic acid groups (broad SMARTS) is 1. The van der Waals surface area contributed by atoms with Crippen LogP contribution < -0.4 is 0 Å². The van der Waals surface area contributed by atoms with Crippen LogP contribution in [0.4, 0.5) is 0 Å². The summed E-state index contributed by atoms with van der Waals surface area (Å²) in [6, 6.07) is 13.3. The van der Waals surface area contributed by atoms with Crippen molar-refractivity contribution in [3.05, 3.63) is 69.7 Å². The topological polar surface area (TPSA) is 91.8 Å². The molecule has 0 aliphatic carbocycles. The number of carboxylic acids is 1. The molecule has 1 heterocycles. The SMILES string of the molecule is CC[C@@H]([C@H](C)S(C)(=O)=O)N1C(=O)[C@](C)(CC(=O)O)C[C@H](c2cccc(Cl)c2)[C@H]1c1ccc(Cl)cc1. The van der Waals surface area contributed by atoms with E-state index in [9.17, 15) is 23.1 Å². The number of sulfone groups is 1. The monoisotopic (exact) mass is 539 g/mol. The number of nitrogens with zero attached hydrogens (tertiary/aromatic N) is 1. The number of benzene rings is 2. The quantitative estimate of drug-likeness (QED) is 0.461. The second-order valence-corrected chi connectivity index (χ2v) is 13.0. The molecule has 1 aliphatic rings. The first-order chi connectivity index (χ1) is 16.3. The summed E-state index contributed by atoms with van der Waals surface area (Å²) in [6.07, 6.45) is 1.45. The molecule has 0 aromatic heterocycles. The third kappa shape index (κ3) is 5.84. The summed E-state index contributed by atoms with van der Waals surface area (Å²) in [7, 11) is -3.50. The summed E-state index contributed by atoms with van der Waals surface area (Å²) < 4.78 is 25.3. The summed E-state index contributed by atoms with van der Waals surface area (Å²) in [5.41, 5.74) is 0.421. The molecule has 0 saturated carbocycles. The van der Waals surface area contributed by atoms with Crippen LogP contribution in [0.3, 0.4) is 0 Å². The molecule has 0 unspecified atom stereocenters. The van der Waals surface area contributed by atoms with Crippen molar-refractivity contribution in [1.82, 2.24) is 4.90 Å². The van der Waals surface area contributed by atoms with Gasteiger partial charge >= 0.3 is 5.97 Å². The van der Waals surface area contributed by atoms with E-state index in [-0.39, 0.29) is 24.7 Å². The summed E-state index contributed by atoms with van der Waals surface area (Å²) in [6.45, 7) is 5.10. The molecule has 1 aliphatic heterocycles. The third-order valence-electron chi connectivity index (χ3n) is 7.12. The minimum Gasteiger partial charge on any atom is -0.481 e. The lowest BCUT2D eigenvalue weighted by Gasteiger charge is -2.52. The van der Waals surface area contributed by atoms with E-state index in [0.717, 1.165) is 17.4 Å². The Morgan fingerprint density at radius 2 is 1.77 bits per heavy atom. The van der Waals surface area contributed by atoms with Crippen LogP contribution >= 0.6 is 23.2 Å². The maximum absolute atomic E-state index is 14.1. The molecule has 1 saturated heterocycles. The molecule has 5 atom stereocenters. The maximum atomic E-state index is 14.1. The molecule has 2 aromatic rings. The van der Waals surface area contributed by atoms with Crippen LogP contribution in [0.5, 0.6) is 0 Å². The van der Waals surface area contributed by atoms with Crippen molar-refractivity contribution in [3.8, 4) is 0 Å². The zero-order chi connectivity index (χ0) is 26.1. The van der Waals surface area contributed by atoms with Gasteiger partial charge in [-0.1, -0.05) is 61.3 Å². The lowest BCUT2D eigenvalue weighted by molar-refractivity contribution is -0.160. The smallest absolute Gasteiger partial charge is 0.304 e. The Morgan fingerprint density at radius 3 is 2.29 bits per heavy atom. The van der Waals surface area contributed by atoms with Crippen LogP contribution in [0, 0.1) is 5.41 Å². The predicted molar refractivity (Wildman–Crippen MR) is 139 cm³/mol. The average Bonchev–Trinajstić information content (AvgIpc) is 2.76. The van der Waals surface area contributed by atoms with Gasteiger partial charge in [-0.2, -0.15) is 0 Å². The lowest BCUT2D eigenvalue weighted by atomic mass is 9.67. The molecule has 0 bridgehead atoms. The maximum Gasteiger partial charge on any atom is 0.304 e. The van der Waals surface area contributed by atoms with E-state index in [2.05, 4.69) is 0 Å². The van der Waals surface area contributed by atoms with E-state index in [1.54, 1.807) is 36.9 Å². The molecule has 9 heteroatoms. The average molecular weight is 541 g/mol. The highest BCUT2D eigenvalue weighted by Gasteiger charge is 2.53. The molecule has 35 heavy (non-hydrogen) atoms. The number of carbonyl (C=O) groups excluding carboxylic acids is 1. The van der Waals surface area contributed by atoms with Gasteiger partial charge in [-0.25, -0.2) is 8.42 Å². The molecule has 0 spiro atoms. The molecule has 6 nitrogen and oxygen atoms in total. The molecular formula is C26H31Cl2NO5S. The van der Waals surface area contributed by atoms with Gasteiger partial charge in [-0.15, -0.1) is 0 Å². The van der Waals surface area contributed by atoms with Crippen LogP contribution in [-0.4, -0.2) is 47.8 Å². The number of rotatable bonds is 8. The fourth-order valence-corrected chi connectivity index (χ4v) is 6.50. The van der Waals surface area contributed by atoms with Crippen LogP contribution in [-0.2, 0) is 19.4 Å². The molecule has 1 N–H and O–H groups in total. The fourth-order valence-electron chi connectivity index (χ4n) is 5.28. The summed E-state index contributed by atoms with van der Waals surface area (Å²) >= 11 is 12.5. The summed E-state index contributed by atoms with van der Waals surface area (Å²) in [5, 5.41) is 9.89. The molecule has 3 rings (SSSR count). The Hall–Kier alpha value is -2.09. The van der Waals surface area contributed by atoms with E-state index in [1.807, 2.05) is 37.3 Å². The molecule has 1 fully saturated rings. The van der Waals surface area contributed by atoms with Crippen molar-refractivity contribution >= 4 is 44.9 Å². The van der Waals surface area contributed by atoms with E-state index < -0.39 is 38.6 Å². The van der Waals surface area contributed by atoms with Crippen molar-refractivity contribution in [1.29, 1.82) is 0 Å². The van der Waals surface area contributed by atoms with Gasteiger partial charge in [0.1, 0.15) is 0 Å². The lowest BCUT2D eigenvalue weighted by Crippen LogP contribution is -2.59. The Morgan fingerprint density at radius 1 is 1.14 bits per heavy atom. The van der Waals surface area contributed by atoms with Crippen LogP contribution in [0.15, 0.2) is 48.5 Å². The zero-order valence-corrected chi connectivity index (χ0v) is 22.6. The number of hydrogen-bond acceptors (Lipinski definition) is 4. The minimum atomic E-state index is -3.50. The molecule has 190 valence electrons. The first-order valence-corrected chi connectivity index (χ1v) is 14.2. The summed E-state index contributed by atoms with van der Waals surface area (Å²) in [5.74, 6) is -1.77. The minimum absolute atomic E-state index is 0.270. The number of aliphatic carboxylic acids is 1. The molecule has 1 amide bonds. The van der Waals surface area contributed by atoms with E-state index in [1.165, 1.54) is 0 Å². The predicted octanol–water partition coefficient (Wildman–Crippen LogP) is 5.74. The van der Waals surface area contributed by atoms with Gasteiger partial charge in [-0.3, -0.25) is 9.59 Å². The number of likely N-dealkylation sites (tertiary alicyclic amines) is 1. The van der Waals surface area contributed by atoms with Crippen molar-refractivity contribution in [2.75, 3.05) is 6.26 Å². The van der Waals surface area contributed by atoms with Crippen molar-refractivity contribution < 1.29 is 23.1 Å². The Labute approximate surface area is 217 Å². The first-order valence-electron chi connectivity index (χ1n) is 11.5. The van der Waals surface area contributed by atoms with Gasteiger partial charge in [0.15, 0.2) is 9.84 Å².